The fourth-order valence-electron chi connectivity index (χ4n) is 3.30. The molecule has 1 aliphatic heterocycles. The highest BCUT2D eigenvalue weighted by Gasteiger charge is 2.29. The van der Waals surface area contributed by atoms with Crippen LogP contribution in [0.15, 0.2) is 35.2 Å². The molecule has 150 valence electrons. The van der Waals surface area contributed by atoms with Crippen LogP contribution in [0, 0.1) is 0 Å². The van der Waals surface area contributed by atoms with Crippen LogP contribution in [-0.2, 0) is 22.5 Å². The van der Waals surface area contributed by atoms with Crippen molar-refractivity contribution in [3.8, 4) is 0 Å². The van der Waals surface area contributed by atoms with Crippen LogP contribution < -0.4 is 5.32 Å². The third kappa shape index (κ3) is 5.16. The lowest BCUT2D eigenvalue weighted by atomic mass is 10.0. The number of benzene rings is 1. The monoisotopic (exact) mass is 418 g/mol. The predicted molar refractivity (Wildman–Crippen MR) is 115 cm³/mol. The molecular formula is C21H26N2O3S2. The van der Waals surface area contributed by atoms with Gasteiger partial charge in [0.2, 0.25) is 5.91 Å². The van der Waals surface area contributed by atoms with Gasteiger partial charge in [0.05, 0.1) is 17.9 Å². The first-order valence-electron chi connectivity index (χ1n) is 9.64. The van der Waals surface area contributed by atoms with Crippen molar-refractivity contribution in [3.05, 3.63) is 46.3 Å². The third-order valence-corrected chi connectivity index (χ3v) is 6.67. The molecule has 1 amide bonds. The van der Waals surface area contributed by atoms with Gasteiger partial charge >= 0.3 is 5.97 Å². The van der Waals surface area contributed by atoms with E-state index in [-0.39, 0.29) is 11.9 Å². The number of carbonyl (C=O) groups is 2. The highest BCUT2D eigenvalue weighted by molar-refractivity contribution is 8.00. The van der Waals surface area contributed by atoms with Crippen molar-refractivity contribution in [3.63, 3.8) is 0 Å². The lowest BCUT2D eigenvalue weighted by molar-refractivity contribution is -0.113. The minimum absolute atomic E-state index is 0.108. The maximum absolute atomic E-state index is 12.6. The Bertz CT molecular complexity index is 821. The molecule has 1 aromatic heterocycles. The van der Waals surface area contributed by atoms with Gasteiger partial charge in [0.15, 0.2) is 0 Å². The van der Waals surface area contributed by atoms with Crippen molar-refractivity contribution in [1.29, 1.82) is 0 Å². The fraction of sp³-hybridized carbons (Fsp3) is 0.429. The first kappa shape index (κ1) is 20.9. The zero-order valence-electron chi connectivity index (χ0n) is 16.3. The quantitative estimate of drug-likeness (QED) is 0.508. The maximum Gasteiger partial charge on any atom is 0.341 e. The van der Waals surface area contributed by atoms with Crippen molar-refractivity contribution in [2.75, 3.05) is 30.8 Å². The zero-order chi connectivity index (χ0) is 19.9. The van der Waals surface area contributed by atoms with Gasteiger partial charge in [-0.1, -0.05) is 25.1 Å². The molecule has 2 heterocycles. The number of rotatable bonds is 8. The molecule has 28 heavy (non-hydrogen) atoms. The summed E-state index contributed by atoms with van der Waals surface area (Å²) in [6, 6.07) is 9.82. The number of nitrogens with one attached hydrogen (secondary N) is 1. The van der Waals surface area contributed by atoms with Crippen LogP contribution in [-0.4, -0.2) is 42.2 Å². The second-order valence-corrected chi connectivity index (χ2v) is 8.76. The van der Waals surface area contributed by atoms with Crippen LogP contribution in [0.3, 0.4) is 0 Å². The van der Waals surface area contributed by atoms with Gasteiger partial charge in [-0.15, -0.1) is 23.1 Å². The lowest BCUT2D eigenvalue weighted by Crippen LogP contribution is -2.30. The maximum atomic E-state index is 12.6. The first-order valence-corrected chi connectivity index (χ1v) is 11.4. The molecule has 0 bridgehead atoms. The van der Waals surface area contributed by atoms with Gasteiger partial charge in [-0.05, 0) is 44.0 Å². The first-order chi connectivity index (χ1) is 13.6. The SMILES string of the molecule is CCCN1CCc2c(sc(NC(=O)CSc3ccccc3)c2C(=O)OCC)C1. The van der Waals surface area contributed by atoms with Gasteiger partial charge in [-0.25, -0.2) is 4.79 Å². The smallest absolute Gasteiger partial charge is 0.341 e. The van der Waals surface area contributed by atoms with E-state index in [1.807, 2.05) is 30.3 Å². The molecule has 0 saturated heterocycles. The molecule has 0 saturated carbocycles. The van der Waals surface area contributed by atoms with Crippen molar-refractivity contribution in [2.45, 2.75) is 38.1 Å². The van der Waals surface area contributed by atoms with Gasteiger partial charge in [-0.3, -0.25) is 9.69 Å². The number of carbonyl (C=O) groups excluding carboxylic acids is 2. The molecule has 0 spiro atoms. The standard InChI is InChI=1S/C21H26N2O3S2/c1-3-11-23-12-10-16-17(13-23)28-20(19(16)21(25)26-4-2)22-18(24)14-27-15-8-6-5-7-9-15/h5-9H,3-4,10-14H2,1-2H3,(H,22,24). The Morgan fingerprint density at radius 2 is 2.04 bits per heavy atom. The average Bonchev–Trinajstić information content (AvgIpc) is 3.04. The van der Waals surface area contributed by atoms with Gasteiger partial charge in [0, 0.05) is 22.9 Å². The predicted octanol–water partition coefficient (Wildman–Crippen LogP) is 4.42. The van der Waals surface area contributed by atoms with E-state index in [4.69, 9.17) is 4.74 Å². The Morgan fingerprint density at radius 1 is 1.25 bits per heavy atom. The molecule has 7 heteroatoms. The van der Waals surface area contributed by atoms with Gasteiger partial charge < -0.3 is 10.1 Å². The van der Waals surface area contributed by atoms with Crippen molar-refractivity contribution < 1.29 is 14.3 Å². The Kier molecular flexibility index (Phi) is 7.53. The number of hydrogen-bond donors (Lipinski definition) is 1. The molecule has 1 aliphatic rings. The van der Waals surface area contributed by atoms with Gasteiger partial charge in [0.25, 0.3) is 0 Å². The number of anilines is 1. The van der Waals surface area contributed by atoms with E-state index in [1.165, 1.54) is 23.1 Å². The van der Waals surface area contributed by atoms with Crippen LogP contribution in [0.2, 0.25) is 0 Å². The van der Waals surface area contributed by atoms with E-state index in [9.17, 15) is 9.59 Å². The number of fused-ring (bicyclic) bond motifs is 1. The summed E-state index contributed by atoms with van der Waals surface area (Å²) in [6.45, 7) is 7.10. The fourth-order valence-corrected chi connectivity index (χ4v) is 5.31. The summed E-state index contributed by atoms with van der Waals surface area (Å²) in [5.74, 6) is -0.144. The molecule has 1 aromatic carbocycles. The number of ether oxygens (including phenoxy) is 1. The Hall–Kier alpha value is -1.83. The van der Waals surface area contributed by atoms with Gasteiger partial charge in [-0.2, -0.15) is 0 Å². The second kappa shape index (κ2) is 10.1. The topological polar surface area (TPSA) is 58.6 Å². The number of nitrogens with zero attached hydrogens (tertiary/aromatic N) is 1. The highest BCUT2D eigenvalue weighted by Crippen LogP contribution is 2.38. The highest BCUT2D eigenvalue weighted by atomic mass is 32.2. The number of esters is 1. The second-order valence-electron chi connectivity index (χ2n) is 6.60. The molecule has 1 N–H and O–H groups in total. The van der Waals surface area contributed by atoms with E-state index >= 15 is 0 Å². The molecule has 5 nitrogen and oxygen atoms in total. The van der Waals surface area contributed by atoms with E-state index in [2.05, 4.69) is 17.1 Å². The lowest BCUT2D eigenvalue weighted by Gasteiger charge is -2.26. The number of thioether (sulfide) groups is 1. The van der Waals surface area contributed by atoms with Crippen LogP contribution in [0.4, 0.5) is 5.00 Å². The summed E-state index contributed by atoms with van der Waals surface area (Å²) < 4.78 is 5.28. The molecule has 0 fully saturated rings. The molecule has 0 aliphatic carbocycles. The molecule has 3 rings (SSSR count). The Labute approximate surface area is 174 Å². The van der Waals surface area contributed by atoms with Gasteiger partial charge in [0.1, 0.15) is 5.00 Å². The van der Waals surface area contributed by atoms with E-state index in [0.29, 0.717) is 22.9 Å². The summed E-state index contributed by atoms with van der Waals surface area (Å²) in [6.07, 6.45) is 1.92. The summed E-state index contributed by atoms with van der Waals surface area (Å²) in [7, 11) is 0. The molecule has 0 unspecified atom stereocenters. The van der Waals surface area contributed by atoms with E-state index < -0.39 is 0 Å². The van der Waals surface area contributed by atoms with Crippen LogP contribution in [0.25, 0.3) is 0 Å². The summed E-state index contributed by atoms with van der Waals surface area (Å²) in [5, 5.41) is 3.59. The Balaban J connectivity index is 1.75. The number of amides is 1. The molecule has 0 radical (unpaired) electrons. The number of thiophene rings is 1. The van der Waals surface area contributed by atoms with E-state index in [1.54, 1.807) is 6.92 Å². The average molecular weight is 419 g/mol. The molecule has 0 atom stereocenters. The zero-order valence-corrected chi connectivity index (χ0v) is 18.0. The van der Waals surface area contributed by atoms with Crippen LogP contribution in [0.1, 0.15) is 41.1 Å². The van der Waals surface area contributed by atoms with E-state index in [0.717, 1.165) is 47.8 Å². The van der Waals surface area contributed by atoms with Crippen molar-refractivity contribution >= 4 is 40.0 Å². The number of hydrogen-bond acceptors (Lipinski definition) is 6. The van der Waals surface area contributed by atoms with Crippen LogP contribution in [0.5, 0.6) is 0 Å². The van der Waals surface area contributed by atoms with Crippen molar-refractivity contribution in [2.24, 2.45) is 0 Å². The Morgan fingerprint density at radius 3 is 2.75 bits per heavy atom. The molecule has 2 aromatic rings. The van der Waals surface area contributed by atoms with Crippen LogP contribution >= 0.6 is 23.1 Å². The summed E-state index contributed by atoms with van der Waals surface area (Å²) >= 11 is 2.99. The minimum atomic E-state index is -0.338. The summed E-state index contributed by atoms with van der Waals surface area (Å²) in [4.78, 5) is 29.7. The summed E-state index contributed by atoms with van der Waals surface area (Å²) in [5.41, 5.74) is 1.60. The minimum Gasteiger partial charge on any atom is -0.462 e. The third-order valence-electron chi connectivity index (χ3n) is 4.52. The normalized spacial score (nSPS) is 13.8. The molecular weight excluding hydrogens is 392 g/mol. The van der Waals surface area contributed by atoms with Crippen molar-refractivity contribution in [1.82, 2.24) is 4.90 Å². The largest absolute Gasteiger partial charge is 0.462 e.